The van der Waals surface area contributed by atoms with Gasteiger partial charge in [0.05, 0.1) is 6.20 Å². The summed E-state index contributed by atoms with van der Waals surface area (Å²) in [6.07, 6.45) is 5.88. The van der Waals surface area contributed by atoms with Gasteiger partial charge in [0.15, 0.2) is 0 Å². The number of carbonyl (C=O) groups excluding carboxylic acids is 1. The van der Waals surface area contributed by atoms with E-state index in [4.69, 9.17) is 0 Å². The lowest BCUT2D eigenvalue weighted by Gasteiger charge is -1.96. The van der Waals surface area contributed by atoms with Crippen LogP contribution in [0.2, 0.25) is 0 Å². The van der Waals surface area contributed by atoms with Gasteiger partial charge in [-0.15, -0.1) is 0 Å². The molecule has 0 saturated carbocycles. The molecule has 76 valence electrons. The van der Waals surface area contributed by atoms with E-state index in [1.165, 1.54) is 16.9 Å². The SMILES string of the molecule is O=Cn1cc(Cc2ccc(F)nc2)cn1. The van der Waals surface area contributed by atoms with Gasteiger partial charge in [-0.1, -0.05) is 6.07 Å². The molecule has 2 aromatic rings. The quantitative estimate of drug-likeness (QED) is 0.555. The van der Waals surface area contributed by atoms with E-state index in [-0.39, 0.29) is 0 Å². The van der Waals surface area contributed by atoms with E-state index in [1.54, 1.807) is 18.5 Å². The van der Waals surface area contributed by atoms with Crippen LogP contribution >= 0.6 is 0 Å². The molecule has 0 saturated heterocycles. The first kappa shape index (κ1) is 9.51. The molecule has 5 heteroatoms. The number of aromatic nitrogens is 3. The fourth-order valence-electron chi connectivity index (χ4n) is 1.27. The average Bonchev–Trinajstić information content (AvgIpc) is 2.69. The zero-order valence-corrected chi connectivity index (χ0v) is 7.80. The van der Waals surface area contributed by atoms with Gasteiger partial charge in [0.25, 0.3) is 0 Å². The Morgan fingerprint density at radius 3 is 2.80 bits per heavy atom. The molecule has 4 nitrogen and oxygen atoms in total. The minimum atomic E-state index is -0.498. The molecule has 0 amide bonds. The van der Waals surface area contributed by atoms with Crippen LogP contribution in [-0.4, -0.2) is 21.2 Å². The highest BCUT2D eigenvalue weighted by Crippen LogP contribution is 2.07. The molecule has 0 fully saturated rings. The number of carbonyl (C=O) groups is 1. The Morgan fingerprint density at radius 1 is 1.33 bits per heavy atom. The summed E-state index contributed by atoms with van der Waals surface area (Å²) in [6.45, 7) is 0. The van der Waals surface area contributed by atoms with E-state index in [0.717, 1.165) is 11.1 Å². The highest BCUT2D eigenvalue weighted by atomic mass is 19.1. The topological polar surface area (TPSA) is 47.8 Å². The van der Waals surface area contributed by atoms with Gasteiger partial charge in [-0.2, -0.15) is 9.49 Å². The fourth-order valence-corrected chi connectivity index (χ4v) is 1.27. The first-order valence-electron chi connectivity index (χ1n) is 4.36. The summed E-state index contributed by atoms with van der Waals surface area (Å²) in [5.74, 6) is -0.498. The average molecular weight is 205 g/mol. The van der Waals surface area contributed by atoms with Crippen molar-refractivity contribution >= 4 is 6.41 Å². The molecule has 2 aromatic heterocycles. The molecule has 0 radical (unpaired) electrons. The van der Waals surface area contributed by atoms with Crippen molar-refractivity contribution in [2.24, 2.45) is 0 Å². The first-order valence-corrected chi connectivity index (χ1v) is 4.36. The molecular weight excluding hydrogens is 197 g/mol. The standard InChI is InChI=1S/C10H8FN3O/c11-10-2-1-8(4-12-10)3-9-5-13-14(6-9)7-15/h1-2,4-7H,3H2. The molecule has 15 heavy (non-hydrogen) atoms. The second-order valence-electron chi connectivity index (χ2n) is 3.10. The maximum atomic E-state index is 12.5. The van der Waals surface area contributed by atoms with Crippen molar-refractivity contribution in [2.75, 3.05) is 0 Å². The molecule has 2 rings (SSSR count). The normalized spacial score (nSPS) is 10.2. The van der Waals surface area contributed by atoms with E-state index >= 15 is 0 Å². The number of nitrogens with zero attached hydrogens (tertiary/aromatic N) is 3. The van der Waals surface area contributed by atoms with Crippen LogP contribution < -0.4 is 0 Å². The van der Waals surface area contributed by atoms with Crippen molar-refractivity contribution in [2.45, 2.75) is 6.42 Å². The van der Waals surface area contributed by atoms with Crippen LogP contribution in [0, 0.1) is 5.95 Å². The molecule has 0 aliphatic heterocycles. The van der Waals surface area contributed by atoms with Crippen LogP contribution in [-0.2, 0) is 11.2 Å². The van der Waals surface area contributed by atoms with Crippen LogP contribution in [0.3, 0.4) is 0 Å². The molecule has 0 aliphatic carbocycles. The first-order chi connectivity index (χ1) is 7.28. The smallest absolute Gasteiger partial charge is 0.234 e. The van der Waals surface area contributed by atoms with Crippen LogP contribution in [0.5, 0.6) is 0 Å². The van der Waals surface area contributed by atoms with E-state index in [1.807, 2.05) is 0 Å². The number of pyridine rings is 1. The van der Waals surface area contributed by atoms with Crippen LogP contribution in [0.15, 0.2) is 30.7 Å². The third kappa shape index (κ3) is 2.25. The van der Waals surface area contributed by atoms with Crippen LogP contribution in [0.1, 0.15) is 11.1 Å². The summed E-state index contributed by atoms with van der Waals surface area (Å²) in [5, 5.41) is 3.80. The van der Waals surface area contributed by atoms with Crippen molar-refractivity contribution in [3.05, 3.63) is 47.8 Å². The molecule has 0 unspecified atom stereocenters. The Kier molecular flexibility index (Phi) is 2.53. The van der Waals surface area contributed by atoms with Gasteiger partial charge in [0.1, 0.15) is 0 Å². The van der Waals surface area contributed by atoms with Crippen LogP contribution in [0.25, 0.3) is 0 Å². The Balaban J connectivity index is 2.14. The Bertz CT molecular complexity index is 464. The highest BCUT2D eigenvalue weighted by molar-refractivity contribution is 5.50. The van der Waals surface area contributed by atoms with Gasteiger partial charge in [-0.3, -0.25) is 4.79 Å². The van der Waals surface area contributed by atoms with Crippen molar-refractivity contribution in [1.82, 2.24) is 14.8 Å². The number of hydrogen-bond donors (Lipinski definition) is 0. The van der Waals surface area contributed by atoms with E-state index in [9.17, 15) is 9.18 Å². The monoisotopic (exact) mass is 205 g/mol. The summed E-state index contributed by atoms with van der Waals surface area (Å²) < 4.78 is 13.7. The second-order valence-corrected chi connectivity index (χ2v) is 3.10. The maximum Gasteiger partial charge on any atom is 0.234 e. The van der Waals surface area contributed by atoms with Gasteiger partial charge in [0.2, 0.25) is 12.4 Å². The molecule has 0 aromatic carbocycles. The molecular formula is C10H8FN3O. The molecule has 2 heterocycles. The highest BCUT2D eigenvalue weighted by Gasteiger charge is 2.00. The lowest BCUT2D eigenvalue weighted by molar-refractivity contribution is 0.540. The van der Waals surface area contributed by atoms with Gasteiger partial charge < -0.3 is 0 Å². The zero-order valence-electron chi connectivity index (χ0n) is 7.80. The summed E-state index contributed by atoms with van der Waals surface area (Å²) in [5.41, 5.74) is 1.76. The van der Waals surface area contributed by atoms with Crippen molar-refractivity contribution in [1.29, 1.82) is 0 Å². The third-order valence-corrected chi connectivity index (χ3v) is 1.96. The molecule has 0 aliphatic rings. The number of hydrogen-bond acceptors (Lipinski definition) is 3. The van der Waals surface area contributed by atoms with E-state index in [0.29, 0.717) is 12.8 Å². The van der Waals surface area contributed by atoms with Gasteiger partial charge >= 0.3 is 0 Å². The lowest BCUT2D eigenvalue weighted by atomic mass is 10.1. The molecule has 0 spiro atoms. The minimum absolute atomic E-state index is 0.498. The van der Waals surface area contributed by atoms with Crippen LogP contribution in [0.4, 0.5) is 4.39 Å². The lowest BCUT2D eigenvalue weighted by Crippen LogP contribution is -1.93. The summed E-state index contributed by atoms with van der Waals surface area (Å²) in [4.78, 5) is 13.9. The minimum Gasteiger partial charge on any atom is -0.276 e. The summed E-state index contributed by atoms with van der Waals surface area (Å²) >= 11 is 0. The largest absolute Gasteiger partial charge is 0.276 e. The second kappa shape index (κ2) is 4.00. The van der Waals surface area contributed by atoms with Crippen molar-refractivity contribution in [3.8, 4) is 0 Å². The summed E-state index contributed by atoms with van der Waals surface area (Å²) in [6, 6.07) is 2.96. The Labute approximate surface area is 85.4 Å². The maximum absolute atomic E-state index is 12.5. The van der Waals surface area contributed by atoms with E-state index < -0.39 is 5.95 Å². The van der Waals surface area contributed by atoms with Gasteiger partial charge in [-0.25, -0.2) is 9.67 Å². The third-order valence-electron chi connectivity index (χ3n) is 1.96. The van der Waals surface area contributed by atoms with Crippen molar-refractivity contribution < 1.29 is 9.18 Å². The summed E-state index contributed by atoms with van der Waals surface area (Å²) in [7, 11) is 0. The number of rotatable bonds is 3. The molecule has 0 atom stereocenters. The van der Waals surface area contributed by atoms with Gasteiger partial charge in [0, 0.05) is 18.8 Å². The Hall–Kier alpha value is -2.04. The van der Waals surface area contributed by atoms with Crippen molar-refractivity contribution in [3.63, 3.8) is 0 Å². The number of halogens is 1. The molecule has 0 bridgehead atoms. The predicted molar refractivity (Wildman–Crippen MR) is 51.4 cm³/mol. The predicted octanol–water partition coefficient (Wildman–Crippen LogP) is 1.05. The van der Waals surface area contributed by atoms with Gasteiger partial charge in [-0.05, 0) is 17.2 Å². The van der Waals surface area contributed by atoms with E-state index in [2.05, 4.69) is 10.1 Å². The fraction of sp³-hybridized carbons (Fsp3) is 0.100. The molecule has 0 N–H and O–H groups in total. The Morgan fingerprint density at radius 2 is 2.20 bits per heavy atom. The zero-order chi connectivity index (χ0) is 10.7.